The molecule has 23 heavy (non-hydrogen) atoms. The summed E-state index contributed by atoms with van der Waals surface area (Å²) >= 11 is 0. The largest absolute Gasteiger partial charge is 0.355 e. The number of para-hydroxylation sites is 1. The third-order valence-corrected chi connectivity index (χ3v) is 4.49. The van der Waals surface area contributed by atoms with E-state index in [4.69, 9.17) is 0 Å². The summed E-state index contributed by atoms with van der Waals surface area (Å²) in [5.74, 6) is 0.105. The van der Waals surface area contributed by atoms with Gasteiger partial charge in [-0.2, -0.15) is 0 Å². The van der Waals surface area contributed by atoms with Gasteiger partial charge < -0.3 is 9.88 Å². The zero-order valence-electron chi connectivity index (χ0n) is 13.7. The third-order valence-electron chi connectivity index (χ3n) is 4.49. The molecule has 3 rings (SSSR count). The van der Waals surface area contributed by atoms with Crippen molar-refractivity contribution in [1.29, 1.82) is 0 Å². The molecule has 0 bridgehead atoms. The predicted octanol–water partition coefficient (Wildman–Crippen LogP) is 2.18. The number of hydrazine groups is 1. The second-order valence-electron chi connectivity index (χ2n) is 6.28. The van der Waals surface area contributed by atoms with Crippen molar-refractivity contribution in [1.82, 2.24) is 20.7 Å². The highest BCUT2D eigenvalue weighted by molar-refractivity contribution is 5.82. The Morgan fingerprint density at radius 2 is 2.17 bits per heavy atom. The first-order valence-electron chi connectivity index (χ1n) is 8.60. The number of carbonyl (C=O) groups is 1. The maximum atomic E-state index is 12.1. The van der Waals surface area contributed by atoms with E-state index in [-0.39, 0.29) is 11.9 Å². The van der Waals surface area contributed by atoms with Gasteiger partial charge in [-0.1, -0.05) is 31.5 Å². The van der Waals surface area contributed by atoms with Crippen LogP contribution in [-0.4, -0.2) is 29.1 Å². The Morgan fingerprint density at radius 1 is 1.30 bits per heavy atom. The van der Waals surface area contributed by atoms with Gasteiger partial charge in [0.05, 0.1) is 0 Å². The van der Waals surface area contributed by atoms with Crippen molar-refractivity contribution in [3.05, 3.63) is 36.5 Å². The summed E-state index contributed by atoms with van der Waals surface area (Å²) in [6, 6.07) is 10.8. The number of amides is 1. The molecular formula is C18H26N4O. The number of nitrogens with zero attached hydrogens (tertiary/aromatic N) is 1. The molecule has 1 amide bonds. The van der Waals surface area contributed by atoms with Gasteiger partial charge in [0.2, 0.25) is 5.91 Å². The molecule has 0 aliphatic carbocycles. The van der Waals surface area contributed by atoms with Crippen LogP contribution in [-0.2, 0) is 11.3 Å². The fourth-order valence-corrected chi connectivity index (χ4v) is 3.25. The second kappa shape index (κ2) is 7.62. The Balaban J connectivity index is 1.41. The SMILES string of the molecule is CCCC1CC(C(=O)NCCCn2ccc3ccccc32)NN1. The van der Waals surface area contributed by atoms with Crippen molar-refractivity contribution in [3.63, 3.8) is 0 Å². The lowest BCUT2D eigenvalue weighted by Gasteiger charge is -2.11. The Morgan fingerprint density at radius 3 is 3.04 bits per heavy atom. The van der Waals surface area contributed by atoms with E-state index in [1.807, 2.05) is 0 Å². The molecule has 1 aliphatic heterocycles. The maximum absolute atomic E-state index is 12.1. The first-order valence-corrected chi connectivity index (χ1v) is 8.60. The Hall–Kier alpha value is -1.85. The molecule has 2 aromatic rings. The van der Waals surface area contributed by atoms with Crippen molar-refractivity contribution in [2.45, 2.75) is 51.2 Å². The highest BCUT2D eigenvalue weighted by Gasteiger charge is 2.28. The maximum Gasteiger partial charge on any atom is 0.238 e. The second-order valence-corrected chi connectivity index (χ2v) is 6.28. The molecule has 124 valence electrons. The Bertz CT molecular complexity index is 651. The minimum Gasteiger partial charge on any atom is -0.355 e. The Kier molecular flexibility index (Phi) is 5.31. The average Bonchev–Trinajstić information content (AvgIpc) is 3.19. The van der Waals surface area contributed by atoms with Gasteiger partial charge in [0, 0.05) is 30.8 Å². The number of hydrogen-bond acceptors (Lipinski definition) is 3. The predicted molar refractivity (Wildman–Crippen MR) is 92.9 cm³/mol. The van der Waals surface area contributed by atoms with Crippen LogP contribution in [0.2, 0.25) is 0 Å². The molecule has 2 atom stereocenters. The first kappa shape index (κ1) is 16.0. The standard InChI is InChI=1S/C18H26N4O/c1-2-6-15-13-16(21-20-15)18(23)19-10-5-11-22-12-9-14-7-3-4-8-17(14)22/h3-4,7-9,12,15-16,20-21H,2,5-6,10-11,13H2,1H3,(H,19,23). The lowest BCUT2D eigenvalue weighted by Crippen LogP contribution is -2.43. The van der Waals surface area contributed by atoms with Gasteiger partial charge >= 0.3 is 0 Å². The summed E-state index contributed by atoms with van der Waals surface area (Å²) in [6.07, 6.45) is 6.17. The van der Waals surface area contributed by atoms with Crippen LogP contribution >= 0.6 is 0 Å². The summed E-state index contributed by atoms with van der Waals surface area (Å²) in [7, 11) is 0. The van der Waals surface area contributed by atoms with Crippen molar-refractivity contribution >= 4 is 16.8 Å². The molecule has 1 saturated heterocycles. The summed E-state index contributed by atoms with van der Waals surface area (Å²) in [6.45, 7) is 3.80. The average molecular weight is 314 g/mol. The lowest BCUT2D eigenvalue weighted by molar-refractivity contribution is -0.122. The van der Waals surface area contributed by atoms with E-state index in [2.05, 4.69) is 64.2 Å². The van der Waals surface area contributed by atoms with Crippen LogP contribution in [0.3, 0.4) is 0 Å². The highest BCUT2D eigenvalue weighted by Crippen LogP contribution is 2.15. The van der Waals surface area contributed by atoms with E-state index in [9.17, 15) is 4.79 Å². The monoisotopic (exact) mass is 314 g/mol. The molecule has 1 aromatic heterocycles. The fourth-order valence-electron chi connectivity index (χ4n) is 3.25. The van der Waals surface area contributed by atoms with Gasteiger partial charge in [0.15, 0.2) is 0 Å². The van der Waals surface area contributed by atoms with Gasteiger partial charge in [0.25, 0.3) is 0 Å². The van der Waals surface area contributed by atoms with Crippen LogP contribution in [0.4, 0.5) is 0 Å². The van der Waals surface area contributed by atoms with Gasteiger partial charge in [-0.3, -0.25) is 10.2 Å². The smallest absolute Gasteiger partial charge is 0.238 e. The van der Waals surface area contributed by atoms with E-state index in [0.29, 0.717) is 12.6 Å². The van der Waals surface area contributed by atoms with Crippen molar-refractivity contribution < 1.29 is 4.79 Å². The molecular weight excluding hydrogens is 288 g/mol. The third kappa shape index (κ3) is 3.92. The van der Waals surface area contributed by atoms with Crippen LogP contribution in [0, 0.1) is 0 Å². The van der Waals surface area contributed by atoms with E-state index >= 15 is 0 Å². The topological polar surface area (TPSA) is 58.1 Å². The summed E-state index contributed by atoms with van der Waals surface area (Å²) in [5.41, 5.74) is 7.56. The first-order chi connectivity index (χ1) is 11.3. The number of carbonyl (C=O) groups excluding carboxylic acids is 1. The van der Waals surface area contributed by atoms with E-state index in [0.717, 1.165) is 32.2 Å². The molecule has 0 spiro atoms. The van der Waals surface area contributed by atoms with E-state index < -0.39 is 0 Å². The zero-order chi connectivity index (χ0) is 16.1. The van der Waals surface area contributed by atoms with Crippen molar-refractivity contribution in [2.75, 3.05) is 6.54 Å². The number of fused-ring (bicyclic) bond motifs is 1. The van der Waals surface area contributed by atoms with Crippen molar-refractivity contribution in [2.24, 2.45) is 0 Å². The molecule has 1 aromatic carbocycles. The molecule has 1 fully saturated rings. The molecule has 5 heteroatoms. The van der Waals surface area contributed by atoms with Crippen molar-refractivity contribution in [3.8, 4) is 0 Å². The minimum atomic E-state index is -0.0982. The summed E-state index contributed by atoms with van der Waals surface area (Å²) in [4.78, 5) is 12.1. The Labute approximate surface area is 137 Å². The number of benzene rings is 1. The summed E-state index contributed by atoms with van der Waals surface area (Å²) < 4.78 is 2.24. The quantitative estimate of drug-likeness (QED) is 0.687. The number of aromatic nitrogens is 1. The fraction of sp³-hybridized carbons (Fsp3) is 0.500. The van der Waals surface area contributed by atoms with Crippen LogP contribution in [0.15, 0.2) is 36.5 Å². The van der Waals surface area contributed by atoms with E-state index in [1.54, 1.807) is 0 Å². The van der Waals surface area contributed by atoms with Crippen LogP contribution < -0.4 is 16.2 Å². The highest BCUT2D eigenvalue weighted by atomic mass is 16.2. The lowest BCUT2D eigenvalue weighted by atomic mass is 10.1. The van der Waals surface area contributed by atoms with Crippen LogP contribution in [0.25, 0.3) is 10.9 Å². The van der Waals surface area contributed by atoms with Gasteiger partial charge in [0.1, 0.15) is 6.04 Å². The molecule has 2 heterocycles. The number of nitrogens with one attached hydrogen (secondary N) is 3. The van der Waals surface area contributed by atoms with Gasteiger partial charge in [-0.25, -0.2) is 5.43 Å². The van der Waals surface area contributed by atoms with Crippen LogP contribution in [0.1, 0.15) is 32.6 Å². The normalized spacial score (nSPS) is 20.9. The molecule has 0 radical (unpaired) electrons. The van der Waals surface area contributed by atoms with E-state index in [1.165, 1.54) is 10.9 Å². The molecule has 2 unspecified atom stereocenters. The number of aryl methyl sites for hydroxylation is 1. The van der Waals surface area contributed by atoms with Gasteiger partial charge in [-0.05, 0) is 36.8 Å². The molecule has 1 aliphatic rings. The number of rotatable bonds is 7. The van der Waals surface area contributed by atoms with Crippen LogP contribution in [0.5, 0.6) is 0 Å². The molecule has 3 N–H and O–H groups in total. The molecule has 0 saturated carbocycles. The zero-order valence-corrected chi connectivity index (χ0v) is 13.7. The minimum absolute atomic E-state index is 0.0982. The number of hydrogen-bond donors (Lipinski definition) is 3. The summed E-state index contributed by atoms with van der Waals surface area (Å²) in [5, 5.41) is 4.31. The van der Waals surface area contributed by atoms with Gasteiger partial charge in [-0.15, -0.1) is 0 Å². The molecule has 5 nitrogen and oxygen atoms in total.